The van der Waals surface area contributed by atoms with E-state index in [1.807, 2.05) is 6.08 Å². The molecule has 1 aliphatic heterocycles. The van der Waals surface area contributed by atoms with Gasteiger partial charge in [0.05, 0.1) is 13.2 Å². The molecular weight excluding hydrogens is 224 g/mol. The van der Waals surface area contributed by atoms with Crippen LogP contribution in [0.1, 0.15) is 33.6 Å². The molecule has 3 nitrogen and oxygen atoms in total. The summed E-state index contributed by atoms with van der Waals surface area (Å²) >= 11 is 0. The molecule has 18 heavy (non-hydrogen) atoms. The van der Waals surface area contributed by atoms with Gasteiger partial charge in [0.2, 0.25) is 0 Å². The molecule has 1 aliphatic rings. The summed E-state index contributed by atoms with van der Waals surface area (Å²) in [5.41, 5.74) is 0. The first-order valence-corrected chi connectivity index (χ1v) is 7.29. The van der Waals surface area contributed by atoms with Crippen LogP contribution in [-0.4, -0.2) is 49.8 Å². The lowest BCUT2D eigenvalue weighted by molar-refractivity contribution is 0.0693. The molecule has 0 saturated carbocycles. The molecule has 0 aromatic carbocycles. The van der Waals surface area contributed by atoms with Gasteiger partial charge in [0.1, 0.15) is 0 Å². The van der Waals surface area contributed by atoms with E-state index in [1.165, 1.54) is 6.42 Å². The largest absolute Gasteiger partial charge is 0.380 e. The Bertz CT molecular complexity index is 231. The lowest BCUT2D eigenvalue weighted by Gasteiger charge is -2.39. The zero-order valence-electron chi connectivity index (χ0n) is 12.3. The minimum atomic E-state index is 0.622. The van der Waals surface area contributed by atoms with Gasteiger partial charge in [-0.1, -0.05) is 19.9 Å². The Balaban J connectivity index is 2.22. The van der Waals surface area contributed by atoms with Crippen molar-refractivity contribution < 1.29 is 4.74 Å². The summed E-state index contributed by atoms with van der Waals surface area (Å²) in [5, 5.41) is 3.65. The van der Waals surface area contributed by atoms with Gasteiger partial charge < -0.3 is 10.1 Å². The second-order valence-corrected chi connectivity index (χ2v) is 5.77. The van der Waals surface area contributed by atoms with Crippen LogP contribution in [0.3, 0.4) is 0 Å². The summed E-state index contributed by atoms with van der Waals surface area (Å²) in [6.07, 6.45) is 4.12. The van der Waals surface area contributed by atoms with Gasteiger partial charge in [0.25, 0.3) is 0 Å². The monoisotopic (exact) mass is 254 g/mol. The molecule has 0 amide bonds. The van der Waals surface area contributed by atoms with Gasteiger partial charge >= 0.3 is 0 Å². The van der Waals surface area contributed by atoms with Crippen molar-refractivity contribution in [1.82, 2.24) is 10.2 Å². The number of nitrogens with one attached hydrogen (secondary N) is 1. The molecule has 0 bridgehead atoms. The second-order valence-electron chi connectivity index (χ2n) is 5.77. The van der Waals surface area contributed by atoms with E-state index < -0.39 is 0 Å². The Morgan fingerprint density at radius 3 is 2.89 bits per heavy atom. The van der Waals surface area contributed by atoms with Crippen molar-refractivity contribution in [2.75, 3.05) is 32.8 Å². The Hall–Kier alpha value is -0.380. The van der Waals surface area contributed by atoms with Crippen LogP contribution in [0.4, 0.5) is 0 Å². The lowest BCUT2D eigenvalue weighted by Crippen LogP contribution is -2.56. The number of hydrogen-bond acceptors (Lipinski definition) is 3. The van der Waals surface area contributed by atoms with Crippen LogP contribution < -0.4 is 5.32 Å². The smallest absolute Gasteiger partial charge is 0.0593 e. The average Bonchev–Trinajstić information content (AvgIpc) is 2.32. The van der Waals surface area contributed by atoms with Crippen LogP contribution in [0.5, 0.6) is 0 Å². The summed E-state index contributed by atoms with van der Waals surface area (Å²) < 4.78 is 5.61. The fourth-order valence-corrected chi connectivity index (χ4v) is 2.48. The van der Waals surface area contributed by atoms with Crippen molar-refractivity contribution in [1.29, 1.82) is 0 Å². The van der Waals surface area contributed by atoms with Crippen LogP contribution >= 0.6 is 0 Å². The van der Waals surface area contributed by atoms with Crippen LogP contribution in [0.15, 0.2) is 12.7 Å². The highest BCUT2D eigenvalue weighted by Crippen LogP contribution is 2.12. The first-order valence-electron chi connectivity index (χ1n) is 7.29. The molecule has 1 fully saturated rings. The number of hydrogen-bond donors (Lipinski definition) is 1. The fraction of sp³-hybridized carbons (Fsp3) is 0.867. The normalized spacial score (nSPS) is 25.6. The predicted molar refractivity (Wildman–Crippen MR) is 77.9 cm³/mol. The highest BCUT2D eigenvalue weighted by atomic mass is 16.5. The van der Waals surface area contributed by atoms with E-state index >= 15 is 0 Å². The number of ether oxygens (including phenoxy) is 1. The zero-order valence-corrected chi connectivity index (χ0v) is 12.3. The molecule has 0 aromatic heterocycles. The molecule has 0 radical (unpaired) electrons. The minimum Gasteiger partial charge on any atom is -0.380 e. The molecule has 0 aromatic rings. The van der Waals surface area contributed by atoms with Crippen molar-refractivity contribution in [2.24, 2.45) is 5.92 Å². The average molecular weight is 254 g/mol. The van der Waals surface area contributed by atoms with Gasteiger partial charge in [0, 0.05) is 31.7 Å². The van der Waals surface area contributed by atoms with E-state index in [4.69, 9.17) is 4.74 Å². The zero-order chi connectivity index (χ0) is 13.4. The topological polar surface area (TPSA) is 24.5 Å². The standard InChI is InChI=1S/C15H30N2O/c1-5-6-8-18-9-7-17-12-15(10-13(2)3)16-11-14(17)4/h5,13-16H,1,6-12H2,2-4H3. The van der Waals surface area contributed by atoms with Gasteiger partial charge in [-0.2, -0.15) is 0 Å². The maximum atomic E-state index is 5.61. The first kappa shape index (κ1) is 15.7. The maximum Gasteiger partial charge on any atom is 0.0593 e. The predicted octanol–water partition coefficient (Wildman–Crippen LogP) is 2.29. The van der Waals surface area contributed by atoms with E-state index in [9.17, 15) is 0 Å². The van der Waals surface area contributed by atoms with Gasteiger partial charge in [-0.25, -0.2) is 0 Å². The van der Waals surface area contributed by atoms with Crippen LogP contribution in [-0.2, 0) is 4.74 Å². The van der Waals surface area contributed by atoms with Gasteiger partial charge in [-0.3, -0.25) is 4.90 Å². The number of nitrogens with zero attached hydrogens (tertiary/aromatic N) is 1. The maximum absolute atomic E-state index is 5.61. The van der Waals surface area contributed by atoms with E-state index in [2.05, 4.69) is 37.6 Å². The number of piperazine rings is 1. The molecule has 3 heteroatoms. The van der Waals surface area contributed by atoms with E-state index in [0.717, 1.165) is 45.2 Å². The van der Waals surface area contributed by atoms with E-state index in [-0.39, 0.29) is 0 Å². The summed E-state index contributed by atoms with van der Waals surface area (Å²) in [6, 6.07) is 1.27. The van der Waals surface area contributed by atoms with Gasteiger partial charge in [0.15, 0.2) is 0 Å². The Kier molecular flexibility index (Phi) is 7.56. The van der Waals surface area contributed by atoms with Crippen molar-refractivity contribution in [3.05, 3.63) is 12.7 Å². The summed E-state index contributed by atoms with van der Waals surface area (Å²) in [7, 11) is 0. The molecule has 1 saturated heterocycles. The highest BCUT2D eigenvalue weighted by molar-refractivity contribution is 4.84. The molecule has 0 spiro atoms. The van der Waals surface area contributed by atoms with Crippen molar-refractivity contribution >= 4 is 0 Å². The quantitative estimate of drug-likeness (QED) is 0.531. The SMILES string of the molecule is C=CCCOCCN1CC(CC(C)C)NCC1C. The second kappa shape index (κ2) is 8.68. The Morgan fingerprint density at radius 1 is 1.44 bits per heavy atom. The number of rotatable bonds is 8. The molecule has 106 valence electrons. The molecule has 2 unspecified atom stereocenters. The van der Waals surface area contributed by atoms with Crippen LogP contribution in [0.2, 0.25) is 0 Å². The fourth-order valence-electron chi connectivity index (χ4n) is 2.48. The molecular formula is C15H30N2O. The van der Waals surface area contributed by atoms with Crippen LogP contribution in [0.25, 0.3) is 0 Å². The Morgan fingerprint density at radius 2 is 2.22 bits per heavy atom. The van der Waals surface area contributed by atoms with Gasteiger partial charge in [-0.15, -0.1) is 6.58 Å². The summed E-state index contributed by atoms with van der Waals surface area (Å²) in [4.78, 5) is 2.55. The minimum absolute atomic E-state index is 0.622. The molecule has 0 aliphatic carbocycles. The molecule has 1 heterocycles. The summed E-state index contributed by atoms with van der Waals surface area (Å²) in [5.74, 6) is 0.765. The third-order valence-electron chi connectivity index (χ3n) is 3.53. The molecule has 1 rings (SSSR count). The third kappa shape index (κ3) is 5.98. The third-order valence-corrected chi connectivity index (χ3v) is 3.53. The van der Waals surface area contributed by atoms with E-state index in [0.29, 0.717) is 12.1 Å². The van der Waals surface area contributed by atoms with Crippen molar-refractivity contribution in [2.45, 2.75) is 45.7 Å². The van der Waals surface area contributed by atoms with E-state index in [1.54, 1.807) is 0 Å². The van der Waals surface area contributed by atoms with Crippen LogP contribution in [0, 0.1) is 5.92 Å². The summed E-state index contributed by atoms with van der Waals surface area (Å²) in [6.45, 7) is 15.5. The molecule has 2 atom stereocenters. The molecule has 1 N–H and O–H groups in total. The van der Waals surface area contributed by atoms with Crippen molar-refractivity contribution in [3.8, 4) is 0 Å². The first-order chi connectivity index (χ1) is 8.63. The Labute approximate surface area is 113 Å². The van der Waals surface area contributed by atoms with Crippen molar-refractivity contribution in [3.63, 3.8) is 0 Å². The van der Waals surface area contributed by atoms with Gasteiger partial charge in [-0.05, 0) is 25.7 Å². The highest BCUT2D eigenvalue weighted by Gasteiger charge is 2.24. The lowest BCUT2D eigenvalue weighted by atomic mass is 10.0.